The summed E-state index contributed by atoms with van der Waals surface area (Å²) in [5.41, 5.74) is 3.70. The second-order valence-corrected chi connectivity index (χ2v) is 12.2. The van der Waals surface area contributed by atoms with Gasteiger partial charge < -0.3 is 4.90 Å². The van der Waals surface area contributed by atoms with E-state index in [1.165, 1.54) is 63.0 Å². The lowest BCUT2D eigenvalue weighted by atomic mass is 9.79. The highest BCUT2D eigenvalue weighted by molar-refractivity contribution is 5.27. The molecule has 3 aliphatic rings. The largest absolute Gasteiger partial charge is 0.306 e. The molecule has 29 heavy (non-hydrogen) atoms. The minimum atomic E-state index is 0.270. The molecule has 2 aliphatic heterocycles. The van der Waals surface area contributed by atoms with E-state index in [0.717, 1.165) is 24.3 Å². The standard InChI is InChI=1S/C15H23N.C12H23N/c1-15(2,3)14-8-6-13(7-9-14)12-16-10-4-5-11-16;1-12(2,3)11-5-9-7-13(4)8-10(9)6-11/h6-9H,4-5,10-12H2,1-3H3;9-11H,5-8H2,1-4H3. The summed E-state index contributed by atoms with van der Waals surface area (Å²) in [6.07, 6.45) is 5.72. The van der Waals surface area contributed by atoms with Gasteiger partial charge in [-0.2, -0.15) is 0 Å². The van der Waals surface area contributed by atoms with E-state index < -0.39 is 0 Å². The molecule has 2 heterocycles. The quantitative estimate of drug-likeness (QED) is 0.585. The Morgan fingerprint density at radius 1 is 0.828 bits per heavy atom. The zero-order chi connectivity index (χ0) is 21.2. The average molecular weight is 399 g/mol. The molecular formula is C27H46N2. The maximum atomic E-state index is 2.55. The topological polar surface area (TPSA) is 6.48 Å². The molecule has 1 aliphatic carbocycles. The Balaban J connectivity index is 0.000000169. The highest BCUT2D eigenvalue weighted by Crippen LogP contribution is 2.47. The number of hydrogen-bond acceptors (Lipinski definition) is 2. The van der Waals surface area contributed by atoms with Crippen molar-refractivity contribution in [2.45, 2.75) is 79.2 Å². The molecule has 4 rings (SSSR count). The van der Waals surface area contributed by atoms with Crippen LogP contribution < -0.4 is 0 Å². The van der Waals surface area contributed by atoms with E-state index in [-0.39, 0.29) is 5.41 Å². The summed E-state index contributed by atoms with van der Waals surface area (Å²) in [6.45, 7) is 20.4. The van der Waals surface area contributed by atoms with Gasteiger partial charge in [0.05, 0.1) is 0 Å². The van der Waals surface area contributed by atoms with Gasteiger partial charge >= 0.3 is 0 Å². The van der Waals surface area contributed by atoms with Crippen LogP contribution in [-0.2, 0) is 12.0 Å². The lowest BCUT2D eigenvalue weighted by molar-refractivity contribution is 0.220. The number of hydrogen-bond donors (Lipinski definition) is 0. The fourth-order valence-corrected chi connectivity index (χ4v) is 5.55. The van der Waals surface area contributed by atoms with Crippen molar-refractivity contribution in [1.82, 2.24) is 9.80 Å². The number of likely N-dealkylation sites (tertiary alicyclic amines) is 2. The van der Waals surface area contributed by atoms with Gasteiger partial charge in [-0.05, 0) is 85.5 Å². The fraction of sp³-hybridized carbons (Fsp3) is 0.778. The smallest absolute Gasteiger partial charge is 0.0233 e. The van der Waals surface area contributed by atoms with Crippen LogP contribution in [0.5, 0.6) is 0 Å². The summed E-state index contributed by atoms with van der Waals surface area (Å²) in [6, 6.07) is 9.15. The average Bonchev–Trinajstić information content (AvgIpc) is 3.31. The van der Waals surface area contributed by atoms with Crippen LogP contribution in [0.2, 0.25) is 0 Å². The molecule has 2 atom stereocenters. The van der Waals surface area contributed by atoms with Crippen LogP contribution in [0.4, 0.5) is 0 Å². The lowest BCUT2D eigenvalue weighted by Gasteiger charge is -2.28. The Labute approximate surface area is 181 Å². The zero-order valence-electron chi connectivity index (χ0n) is 20.3. The highest BCUT2D eigenvalue weighted by Gasteiger charge is 2.43. The van der Waals surface area contributed by atoms with Crippen LogP contribution in [0.1, 0.15) is 78.4 Å². The molecule has 2 saturated heterocycles. The van der Waals surface area contributed by atoms with Crippen molar-refractivity contribution < 1.29 is 0 Å². The van der Waals surface area contributed by atoms with E-state index in [0.29, 0.717) is 5.41 Å². The number of rotatable bonds is 2. The van der Waals surface area contributed by atoms with E-state index >= 15 is 0 Å². The molecule has 0 radical (unpaired) electrons. The fourth-order valence-electron chi connectivity index (χ4n) is 5.55. The van der Waals surface area contributed by atoms with Crippen molar-refractivity contribution in [3.8, 4) is 0 Å². The molecule has 0 N–H and O–H groups in total. The Hall–Kier alpha value is -0.860. The van der Waals surface area contributed by atoms with Gasteiger partial charge in [-0.3, -0.25) is 4.90 Å². The van der Waals surface area contributed by atoms with Gasteiger partial charge in [-0.25, -0.2) is 0 Å². The van der Waals surface area contributed by atoms with Crippen LogP contribution >= 0.6 is 0 Å². The van der Waals surface area contributed by atoms with Crippen LogP contribution in [0.25, 0.3) is 0 Å². The normalized spacial score (nSPS) is 28.3. The first kappa shape index (κ1) is 22.8. The van der Waals surface area contributed by atoms with Crippen LogP contribution in [0, 0.1) is 23.2 Å². The summed E-state index contributed by atoms with van der Waals surface area (Å²) in [7, 11) is 2.27. The van der Waals surface area contributed by atoms with E-state index in [1.54, 1.807) is 0 Å². The Kier molecular flexibility index (Phi) is 7.16. The first-order chi connectivity index (χ1) is 13.5. The minimum absolute atomic E-state index is 0.270. The van der Waals surface area contributed by atoms with Crippen LogP contribution in [0.15, 0.2) is 24.3 Å². The SMILES string of the molecule is CC(C)(C)c1ccc(CN2CCCC2)cc1.CN1CC2CC(C(C)(C)C)CC2C1. The molecule has 1 aromatic rings. The van der Waals surface area contributed by atoms with Crippen molar-refractivity contribution >= 4 is 0 Å². The van der Waals surface area contributed by atoms with E-state index in [1.807, 2.05) is 0 Å². The second kappa shape index (κ2) is 9.10. The highest BCUT2D eigenvalue weighted by atomic mass is 15.1. The first-order valence-corrected chi connectivity index (χ1v) is 12.0. The summed E-state index contributed by atoms with van der Waals surface area (Å²) in [5.74, 6) is 3.03. The number of benzene rings is 1. The van der Waals surface area contributed by atoms with Gasteiger partial charge in [0.15, 0.2) is 0 Å². The lowest BCUT2D eigenvalue weighted by Crippen LogP contribution is -2.22. The van der Waals surface area contributed by atoms with Gasteiger partial charge in [0.2, 0.25) is 0 Å². The molecular weight excluding hydrogens is 352 g/mol. The molecule has 0 amide bonds. The minimum Gasteiger partial charge on any atom is -0.306 e. The molecule has 164 valence electrons. The Bertz CT molecular complexity index is 614. The molecule has 2 unspecified atom stereocenters. The summed E-state index contributed by atoms with van der Waals surface area (Å²) in [4.78, 5) is 5.06. The maximum Gasteiger partial charge on any atom is 0.0233 e. The van der Waals surface area contributed by atoms with Gasteiger partial charge in [0, 0.05) is 19.6 Å². The van der Waals surface area contributed by atoms with E-state index in [4.69, 9.17) is 0 Å². The number of nitrogens with zero attached hydrogens (tertiary/aromatic N) is 2. The van der Waals surface area contributed by atoms with Crippen LogP contribution in [-0.4, -0.2) is 43.0 Å². The predicted molar refractivity (Wildman–Crippen MR) is 126 cm³/mol. The maximum absolute atomic E-state index is 2.55. The van der Waals surface area contributed by atoms with E-state index in [9.17, 15) is 0 Å². The Morgan fingerprint density at radius 3 is 1.79 bits per heavy atom. The second-order valence-electron chi connectivity index (χ2n) is 12.2. The summed E-state index contributed by atoms with van der Waals surface area (Å²) >= 11 is 0. The first-order valence-electron chi connectivity index (χ1n) is 12.0. The van der Waals surface area contributed by atoms with E-state index in [2.05, 4.69) is 82.7 Å². The van der Waals surface area contributed by atoms with Crippen molar-refractivity contribution in [3.63, 3.8) is 0 Å². The predicted octanol–water partition coefficient (Wildman–Crippen LogP) is 6.20. The Morgan fingerprint density at radius 2 is 1.34 bits per heavy atom. The van der Waals surface area contributed by atoms with Gasteiger partial charge in [0.25, 0.3) is 0 Å². The molecule has 0 spiro atoms. The molecule has 0 bridgehead atoms. The summed E-state index contributed by atoms with van der Waals surface area (Å²) < 4.78 is 0. The van der Waals surface area contributed by atoms with Gasteiger partial charge in [-0.1, -0.05) is 65.8 Å². The molecule has 0 aromatic heterocycles. The third-order valence-electron chi connectivity index (χ3n) is 7.58. The van der Waals surface area contributed by atoms with Crippen molar-refractivity contribution in [2.75, 3.05) is 33.2 Å². The summed E-state index contributed by atoms with van der Waals surface area (Å²) in [5, 5.41) is 0. The zero-order valence-corrected chi connectivity index (χ0v) is 20.3. The number of fused-ring (bicyclic) bond motifs is 1. The van der Waals surface area contributed by atoms with Gasteiger partial charge in [-0.15, -0.1) is 0 Å². The van der Waals surface area contributed by atoms with Crippen molar-refractivity contribution in [3.05, 3.63) is 35.4 Å². The third-order valence-corrected chi connectivity index (χ3v) is 7.58. The molecule has 1 saturated carbocycles. The molecule has 3 fully saturated rings. The molecule has 2 nitrogen and oxygen atoms in total. The monoisotopic (exact) mass is 398 g/mol. The molecule has 2 heteroatoms. The van der Waals surface area contributed by atoms with Crippen molar-refractivity contribution in [1.29, 1.82) is 0 Å². The van der Waals surface area contributed by atoms with Crippen molar-refractivity contribution in [2.24, 2.45) is 23.2 Å². The van der Waals surface area contributed by atoms with Crippen LogP contribution in [0.3, 0.4) is 0 Å². The third kappa shape index (κ3) is 6.31. The van der Waals surface area contributed by atoms with Gasteiger partial charge in [0.1, 0.15) is 0 Å². The molecule has 1 aromatic carbocycles.